The Morgan fingerprint density at radius 3 is 2.76 bits per heavy atom. The Kier molecular flexibility index (Phi) is 4.33. The van der Waals surface area contributed by atoms with Gasteiger partial charge < -0.3 is 5.11 Å². The molecule has 0 bridgehead atoms. The zero-order valence-electron chi connectivity index (χ0n) is 8.61. The average molecular weight is 251 g/mol. The maximum atomic E-state index is 10.6. The lowest BCUT2D eigenvalue weighted by atomic mass is 10.1. The highest BCUT2D eigenvalue weighted by molar-refractivity contribution is 6.18. The molecule has 0 fully saturated rings. The van der Waals surface area contributed by atoms with Crippen molar-refractivity contribution in [1.29, 1.82) is 5.26 Å². The molecule has 0 radical (unpaired) electrons. The molecule has 1 aromatic carbocycles. The van der Waals surface area contributed by atoms with Crippen molar-refractivity contribution in [1.82, 2.24) is 0 Å². The van der Waals surface area contributed by atoms with E-state index in [1.165, 1.54) is 6.07 Å². The molecule has 6 heteroatoms. The largest absolute Gasteiger partial charge is 0.501 e. The van der Waals surface area contributed by atoms with Gasteiger partial charge in [-0.1, -0.05) is 11.8 Å². The maximum absolute atomic E-state index is 10.6. The number of nitro benzene ring substituents is 1. The number of nitro groups is 1. The zero-order chi connectivity index (χ0) is 12.8. The number of hydrogen-bond acceptors (Lipinski definition) is 4. The summed E-state index contributed by atoms with van der Waals surface area (Å²) in [7, 11) is 0. The van der Waals surface area contributed by atoms with E-state index in [1.54, 1.807) is 6.07 Å². The van der Waals surface area contributed by atoms with E-state index in [0.717, 1.165) is 6.07 Å². The van der Waals surface area contributed by atoms with Crippen LogP contribution in [0, 0.1) is 33.3 Å². The van der Waals surface area contributed by atoms with Crippen LogP contribution in [-0.4, -0.2) is 15.9 Å². The Hall–Kier alpha value is -2.24. The van der Waals surface area contributed by atoms with E-state index < -0.39 is 16.4 Å². The summed E-state index contributed by atoms with van der Waals surface area (Å²) in [6, 6.07) is 4.07. The molecule has 1 rings (SSSR count). The molecule has 0 aliphatic heterocycles. The molecule has 0 saturated carbocycles. The van der Waals surface area contributed by atoms with Crippen molar-refractivity contribution in [2.24, 2.45) is 0 Å². The summed E-state index contributed by atoms with van der Waals surface area (Å²) < 4.78 is 0. The second-order valence-electron chi connectivity index (χ2n) is 3.00. The van der Waals surface area contributed by atoms with Crippen molar-refractivity contribution in [2.75, 3.05) is 5.88 Å². The molecule has 0 aliphatic carbocycles. The minimum absolute atomic E-state index is 0.0564. The van der Waals surface area contributed by atoms with Gasteiger partial charge in [0.25, 0.3) is 0 Å². The molecule has 0 amide bonds. The first-order valence-electron chi connectivity index (χ1n) is 4.56. The maximum Gasteiger partial charge on any atom is 0.313 e. The second kappa shape index (κ2) is 5.74. The standard InChI is InChI=1S/C11H7ClN2O3/c12-4-2-1-3-9-5-8(7-13)6-10(11(9)15)14(16)17/h5-6,15H,2,4H2. The predicted molar refractivity (Wildman–Crippen MR) is 61.7 cm³/mol. The van der Waals surface area contributed by atoms with Gasteiger partial charge in [-0.25, -0.2) is 0 Å². The SMILES string of the molecule is N#Cc1cc(C#CCCCl)c(O)c([N+](=O)[O-])c1. The van der Waals surface area contributed by atoms with Gasteiger partial charge >= 0.3 is 5.69 Å². The molecule has 0 saturated heterocycles. The normalized spacial score (nSPS) is 8.94. The van der Waals surface area contributed by atoms with Crippen LogP contribution in [0.25, 0.3) is 0 Å². The molecule has 5 nitrogen and oxygen atoms in total. The van der Waals surface area contributed by atoms with Crippen LogP contribution in [-0.2, 0) is 0 Å². The van der Waals surface area contributed by atoms with Crippen LogP contribution in [0.5, 0.6) is 5.75 Å². The van der Waals surface area contributed by atoms with Crippen LogP contribution >= 0.6 is 11.6 Å². The topological polar surface area (TPSA) is 87.2 Å². The number of nitriles is 1. The first-order valence-corrected chi connectivity index (χ1v) is 5.10. The van der Waals surface area contributed by atoms with E-state index in [4.69, 9.17) is 16.9 Å². The van der Waals surface area contributed by atoms with Gasteiger partial charge in [0, 0.05) is 18.4 Å². The Morgan fingerprint density at radius 1 is 1.53 bits per heavy atom. The van der Waals surface area contributed by atoms with Gasteiger partial charge in [-0.15, -0.1) is 11.6 Å². The molecule has 1 N–H and O–H groups in total. The fraction of sp³-hybridized carbons (Fsp3) is 0.182. The first-order chi connectivity index (χ1) is 8.10. The van der Waals surface area contributed by atoms with Crippen LogP contribution in [0.15, 0.2) is 12.1 Å². The molecular weight excluding hydrogens is 244 g/mol. The van der Waals surface area contributed by atoms with Crippen molar-refractivity contribution in [3.63, 3.8) is 0 Å². The van der Waals surface area contributed by atoms with Crippen molar-refractivity contribution >= 4 is 17.3 Å². The minimum Gasteiger partial charge on any atom is -0.501 e. The van der Waals surface area contributed by atoms with Crippen molar-refractivity contribution in [3.8, 4) is 23.7 Å². The molecule has 0 heterocycles. The lowest BCUT2D eigenvalue weighted by molar-refractivity contribution is -0.385. The summed E-state index contributed by atoms with van der Waals surface area (Å²) in [5.74, 6) is 4.98. The lowest BCUT2D eigenvalue weighted by Gasteiger charge is -1.99. The molecule has 0 spiro atoms. The molecule has 0 aromatic heterocycles. The van der Waals surface area contributed by atoms with Gasteiger partial charge in [0.2, 0.25) is 5.75 Å². The van der Waals surface area contributed by atoms with Crippen LogP contribution < -0.4 is 0 Å². The van der Waals surface area contributed by atoms with Crippen LogP contribution in [0.1, 0.15) is 17.5 Å². The van der Waals surface area contributed by atoms with Gasteiger partial charge in [0.1, 0.15) is 0 Å². The van der Waals surface area contributed by atoms with Crippen LogP contribution in [0.2, 0.25) is 0 Å². The molecule has 0 unspecified atom stereocenters. The number of phenolic OH excluding ortho intramolecular Hbond substituents is 1. The quantitative estimate of drug-likeness (QED) is 0.377. The lowest BCUT2D eigenvalue weighted by Crippen LogP contribution is -1.92. The van der Waals surface area contributed by atoms with E-state index in [9.17, 15) is 15.2 Å². The Morgan fingerprint density at radius 2 is 2.24 bits per heavy atom. The summed E-state index contributed by atoms with van der Waals surface area (Å²) >= 11 is 5.42. The molecule has 0 aliphatic rings. The molecule has 17 heavy (non-hydrogen) atoms. The number of phenols is 1. The Labute approximate surface area is 102 Å². The highest BCUT2D eigenvalue weighted by Gasteiger charge is 2.18. The van der Waals surface area contributed by atoms with Crippen molar-refractivity contribution in [3.05, 3.63) is 33.4 Å². The smallest absolute Gasteiger partial charge is 0.313 e. The van der Waals surface area contributed by atoms with E-state index in [1.807, 2.05) is 0 Å². The zero-order valence-corrected chi connectivity index (χ0v) is 9.36. The number of rotatable bonds is 2. The van der Waals surface area contributed by atoms with Crippen molar-refractivity contribution in [2.45, 2.75) is 6.42 Å². The molecular formula is C11H7ClN2O3. The highest BCUT2D eigenvalue weighted by atomic mass is 35.5. The van der Waals surface area contributed by atoms with Gasteiger partial charge in [0.15, 0.2) is 0 Å². The number of alkyl halides is 1. The van der Waals surface area contributed by atoms with E-state index >= 15 is 0 Å². The van der Waals surface area contributed by atoms with E-state index in [-0.39, 0.29) is 11.1 Å². The number of benzene rings is 1. The summed E-state index contributed by atoms with van der Waals surface area (Å²) in [4.78, 5) is 9.88. The molecule has 1 aromatic rings. The number of aromatic hydroxyl groups is 1. The van der Waals surface area contributed by atoms with Gasteiger partial charge in [-0.3, -0.25) is 10.1 Å². The summed E-state index contributed by atoms with van der Waals surface area (Å²) in [6.45, 7) is 0. The third-order valence-corrected chi connectivity index (χ3v) is 2.05. The van der Waals surface area contributed by atoms with Crippen molar-refractivity contribution < 1.29 is 10.0 Å². The average Bonchev–Trinajstić information content (AvgIpc) is 2.31. The second-order valence-corrected chi connectivity index (χ2v) is 3.38. The first kappa shape index (κ1) is 12.8. The highest BCUT2D eigenvalue weighted by Crippen LogP contribution is 2.30. The van der Waals surface area contributed by atoms with Gasteiger partial charge in [-0.05, 0) is 6.07 Å². The summed E-state index contributed by atoms with van der Waals surface area (Å²) in [6.07, 6.45) is 0.394. The summed E-state index contributed by atoms with van der Waals surface area (Å²) in [5, 5.41) is 28.9. The minimum atomic E-state index is -0.761. The Bertz CT molecular complexity index is 552. The van der Waals surface area contributed by atoms with Crippen LogP contribution in [0.4, 0.5) is 5.69 Å². The van der Waals surface area contributed by atoms with Crippen LogP contribution in [0.3, 0.4) is 0 Å². The number of nitrogens with zero attached hydrogens (tertiary/aromatic N) is 2. The fourth-order valence-electron chi connectivity index (χ4n) is 1.12. The van der Waals surface area contributed by atoms with Gasteiger partial charge in [-0.2, -0.15) is 5.26 Å². The number of halogens is 1. The fourth-order valence-corrected chi connectivity index (χ4v) is 1.22. The number of hydrogen-bond donors (Lipinski definition) is 1. The third kappa shape index (κ3) is 3.10. The molecule has 0 atom stereocenters. The third-order valence-electron chi connectivity index (χ3n) is 1.86. The van der Waals surface area contributed by atoms with Gasteiger partial charge in [0.05, 0.1) is 22.1 Å². The Balaban J connectivity index is 3.32. The molecule has 86 valence electrons. The monoisotopic (exact) mass is 250 g/mol. The van der Waals surface area contributed by atoms with E-state index in [2.05, 4.69) is 11.8 Å². The van der Waals surface area contributed by atoms with E-state index in [0.29, 0.717) is 12.3 Å². The summed E-state index contributed by atoms with van der Waals surface area (Å²) in [5.41, 5.74) is -0.398. The predicted octanol–water partition coefficient (Wildman–Crippen LogP) is 2.15.